The van der Waals surface area contributed by atoms with Crippen molar-refractivity contribution in [3.8, 4) is 5.75 Å². The molecule has 19 heavy (non-hydrogen) atoms. The molecular weight excluding hydrogens is 269 g/mol. The van der Waals surface area contributed by atoms with Gasteiger partial charge < -0.3 is 14.5 Å². The van der Waals surface area contributed by atoms with Crippen LogP contribution in [-0.2, 0) is 0 Å². The second-order valence-electron chi connectivity index (χ2n) is 6.05. The van der Waals surface area contributed by atoms with Crippen LogP contribution in [0.4, 0.5) is 8.78 Å². The predicted octanol–water partition coefficient (Wildman–Crippen LogP) is 2.03. The molecule has 0 amide bonds. The van der Waals surface area contributed by atoms with Crippen LogP contribution in [-0.4, -0.2) is 25.5 Å². The number of hydrogen-bond donors (Lipinski definition) is 2. The van der Waals surface area contributed by atoms with Crippen LogP contribution in [0.2, 0.25) is 18.1 Å². The standard InChI is InChI=1S/C12H19BF2O3Si/c1-12(2,3)19(4,5)18-10-7-8(13(16)17)6-9(14)11(10)15/h6-7,16-17H,1-5H3. The van der Waals surface area contributed by atoms with E-state index in [0.717, 1.165) is 12.1 Å². The van der Waals surface area contributed by atoms with E-state index in [9.17, 15) is 8.78 Å². The summed E-state index contributed by atoms with van der Waals surface area (Å²) in [4.78, 5) is 0. The van der Waals surface area contributed by atoms with Gasteiger partial charge in [0, 0.05) is 0 Å². The van der Waals surface area contributed by atoms with Crippen molar-refractivity contribution in [3.05, 3.63) is 23.8 Å². The van der Waals surface area contributed by atoms with Gasteiger partial charge in [0.05, 0.1) is 0 Å². The molecule has 0 aliphatic heterocycles. The van der Waals surface area contributed by atoms with E-state index in [1.807, 2.05) is 33.9 Å². The summed E-state index contributed by atoms with van der Waals surface area (Å²) in [5.74, 6) is -2.52. The summed E-state index contributed by atoms with van der Waals surface area (Å²) in [6.45, 7) is 9.70. The summed E-state index contributed by atoms with van der Waals surface area (Å²) < 4.78 is 32.8. The zero-order valence-corrected chi connectivity index (χ0v) is 12.8. The van der Waals surface area contributed by atoms with E-state index in [1.54, 1.807) is 0 Å². The molecule has 0 fully saturated rings. The third kappa shape index (κ3) is 3.55. The Morgan fingerprint density at radius 1 is 1.16 bits per heavy atom. The van der Waals surface area contributed by atoms with E-state index in [2.05, 4.69) is 0 Å². The maximum Gasteiger partial charge on any atom is 0.488 e. The first-order valence-corrected chi connectivity index (χ1v) is 8.90. The third-order valence-corrected chi connectivity index (χ3v) is 7.83. The summed E-state index contributed by atoms with van der Waals surface area (Å²) in [6, 6.07) is 1.88. The average Bonchev–Trinajstić information content (AvgIpc) is 2.22. The van der Waals surface area contributed by atoms with Gasteiger partial charge in [0.15, 0.2) is 11.6 Å². The Hall–Kier alpha value is -0.918. The zero-order valence-electron chi connectivity index (χ0n) is 11.8. The molecule has 0 saturated carbocycles. The van der Waals surface area contributed by atoms with Crippen LogP contribution in [0.3, 0.4) is 0 Å². The van der Waals surface area contributed by atoms with Crippen molar-refractivity contribution in [1.29, 1.82) is 0 Å². The fourth-order valence-corrected chi connectivity index (χ4v) is 2.24. The highest BCUT2D eigenvalue weighted by Crippen LogP contribution is 2.38. The molecule has 3 nitrogen and oxygen atoms in total. The minimum Gasteiger partial charge on any atom is -0.541 e. The lowest BCUT2D eigenvalue weighted by Gasteiger charge is -2.36. The Kier molecular flexibility index (Phi) is 4.44. The SMILES string of the molecule is CC(C)(C)[Si](C)(C)Oc1cc(B(O)O)cc(F)c1F. The van der Waals surface area contributed by atoms with Gasteiger partial charge >= 0.3 is 7.12 Å². The smallest absolute Gasteiger partial charge is 0.488 e. The van der Waals surface area contributed by atoms with E-state index < -0.39 is 27.1 Å². The van der Waals surface area contributed by atoms with Crippen molar-refractivity contribution in [2.75, 3.05) is 0 Å². The molecule has 0 bridgehead atoms. The molecule has 106 valence electrons. The number of rotatable bonds is 3. The van der Waals surface area contributed by atoms with Crippen LogP contribution >= 0.6 is 0 Å². The van der Waals surface area contributed by atoms with Crippen molar-refractivity contribution in [2.24, 2.45) is 0 Å². The summed E-state index contributed by atoms with van der Waals surface area (Å²) in [5.41, 5.74) is -0.132. The van der Waals surface area contributed by atoms with Crippen LogP contribution in [0, 0.1) is 11.6 Å². The maximum atomic E-state index is 13.7. The molecule has 0 radical (unpaired) electrons. The van der Waals surface area contributed by atoms with Gasteiger partial charge in [0.1, 0.15) is 5.75 Å². The normalized spacial score (nSPS) is 12.5. The lowest BCUT2D eigenvalue weighted by atomic mass is 9.80. The van der Waals surface area contributed by atoms with Gasteiger partial charge in [-0.25, -0.2) is 4.39 Å². The summed E-state index contributed by atoms with van der Waals surface area (Å²) >= 11 is 0. The Bertz CT molecular complexity index is 473. The maximum absolute atomic E-state index is 13.7. The Morgan fingerprint density at radius 3 is 2.11 bits per heavy atom. The summed E-state index contributed by atoms with van der Waals surface area (Å²) in [5, 5.41) is 17.9. The molecule has 0 unspecified atom stereocenters. The van der Waals surface area contributed by atoms with Gasteiger partial charge in [-0.2, -0.15) is 4.39 Å². The summed E-state index contributed by atoms with van der Waals surface area (Å²) in [6.07, 6.45) is 0. The van der Waals surface area contributed by atoms with E-state index in [1.165, 1.54) is 0 Å². The van der Waals surface area contributed by atoms with Crippen LogP contribution < -0.4 is 9.89 Å². The van der Waals surface area contributed by atoms with Gasteiger partial charge in [0.25, 0.3) is 8.32 Å². The molecule has 7 heteroatoms. The fourth-order valence-electron chi connectivity index (χ4n) is 1.24. The topological polar surface area (TPSA) is 49.7 Å². The highest BCUT2D eigenvalue weighted by molar-refractivity contribution is 6.74. The third-order valence-electron chi connectivity index (χ3n) is 3.49. The van der Waals surface area contributed by atoms with Gasteiger partial charge in [0.2, 0.25) is 0 Å². The first-order chi connectivity index (χ1) is 8.45. The quantitative estimate of drug-likeness (QED) is 0.837. The van der Waals surface area contributed by atoms with Crippen molar-refractivity contribution in [3.63, 3.8) is 0 Å². The van der Waals surface area contributed by atoms with Crippen LogP contribution in [0.25, 0.3) is 0 Å². The number of benzene rings is 1. The first kappa shape index (κ1) is 16.1. The molecular formula is C12H19BF2O3Si. The van der Waals surface area contributed by atoms with Crippen LogP contribution in [0.15, 0.2) is 12.1 Å². The predicted molar refractivity (Wildman–Crippen MR) is 74.0 cm³/mol. The van der Waals surface area contributed by atoms with Gasteiger partial charge in [-0.3, -0.25) is 0 Å². The van der Waals surface area contributed by atoms with Gasteiger partial charge in [-0.1, -0.05) is 20.8 Å². The highest BCUT2D eigenvalue weighted by Gasteiger charge is 2.40. The van der Waals surface area contributed by atoms with E-state index in [-0.39, 0.29) is 16.3 Å². The molecule has 1 aromatic rings. The van der Waals surface area contributed by atoms with Crippen LogP contribution in [0.5, 0.6) is 5.75 Å². The molecule has 0 aliphatic rings. The molecule has 0 aliphatic carbocycles. The molecule has 1 rings (SSSR count). The van der Waals surface area contributed by atoms with Crippen LogP contribution in [0.1, 0.15) is 20.8 Å². The Morgan fingerprint density at radius 2 is 1.68 bits per heavy atom. The minimum absolute atomic E-state index is 0.132. The lowest BCUT2D eigenvalue weighted by Crippen LogP contribution is -2.44. The van der Waals surface area contributed by atoms with Gasteiger partial charge in [-0.05, 0) is 35.7 Å². The highest BCUT2D eigenvalue weighted by atomic mass is 28.4. The lowest BCUT2D eigenvalue weighted by molar-refractivity contribution is 0.418. The minimum atomic E-state index is -2.33. The van der Waals surface area contributed by atoms with E-state index in [4.69, 9.17) is 14.5 Å². The molecule has 0 saturated heterocycles. The molecule has 0 heterocycles. The molecule has 2 N–H and O–H groups in total. The van der Waals surface area contributed by atoms with E-state index >= 15 is 0 Å². The number of hydrogen-bond acceptors (Lipinski definition) is 3. The molecule has 1 aromatic carbocycles. The van der Waals surface area contributed by atoms with Gasteiger partial charge in [-0.15, -0.1) is 0 Å². The fraction of sp³-hybridized carbons (Fsp3) is 0.500. The average molecular weight is 288 g/mol. The van der Waals surface area contributed by atoms with Crippen molar-refractivity contribution in [1.82, 2.24) is 0 Å². The summed E-state index contributed by atoms with van der Waals surface area (Å²) in [7, 11) is -4.19. The molecule has 0 aromatic heterocycles. The largest absolute Gasteiger partial charge is 0.541 e. The monoisotopic (exact) mass is 288 g/mol. The Balaban J connectivity index is 3.21. The second-order valence-corrected chi connectivity index (χ2v) is 10.8. The number of halogens is 2. The zero-order chi connectivity index (χ0) is 15.0. The second kappa shape index (κ2) is 5.22. The molecule has 0 spiro atoms. The van der Waals surface area contributed by atoms with Crippen molar-refractivity contribution in [2.45, 2.75) is 38.9 Å². The van der Waals surface area contributed by atoms with Crippen molar-refractivity contribution < 1.29 is 23.3 Å². The van der Waals surface area contributed by atoms with Crippen molar-refractivity contribution >= 4 is 20.9 Å². The first-order valence-electron chi connectivity index (χ1n) is 6.00. The molecule has 0 atom stereocenters. The Labute approximate surface area is 113 Å². The van der Waals surface area contributed by atoms with E-state index in [0.29, 0.717) is 0 Å².